The minimum Gasteiger partial charge on any atom is -0.469 e. The van der Waals surface area contributed by atoms with Crippen LogP contribution in [-0.4, -0.2) is 23.2 Å². The number of aryl methyl sites for hydroxylation is 2. The van der Waals surface area contributed by atoms with Crippen LogP contribution in [0.2, 0.25) is 0 Å². The van der Waals surface area contributed by atoms with Crippen LogP contribution in [0.1, 0.15) is 34.6 Å². The normalized spacial score (nSPS) is 14.0. The molecule has 1 atom stereocenters. The lowest BCUT2D eigenvalue weighted by Gasteiger charge is -2.22. The average Bonchev–Trinajstić information content (AvgIpc) is 2.95. The highest BCUT2D eigenvalue weighted by atomic mass is 16.3. The second-order valence-corrected chi connectivity index (χ2v) is 5.26. The van der Waals surface area contributed by atoms with Crippen molar-refractivity contribution in [3.05, 3.63) is 47.3 Å². The van der Waals surface area contributed by atoms with E-state index in [0.717, 1.165) is 0 Å². The van der Waals surface area contributed by atoms with Gasteiger partial charge in [0.05, 0.1) is 17.4 Å². The van der Waals surface area contributed by atoms with E-state index in [-0.39, 0.29) is 12.5 Å². The quantitative estimate of drug-likeness (QED) is 0.878. The van der Waals surface area contributed by atoms with Gasteiger partial charge in [-0.15, -0.1) is 0 Å². The number of carbonyl (C=O) groups excluding carboxylic acids is 1. The third kappa shape index (κ3) is 3.51. The van der Waals surface area contributed by atoms with E-state index in [1.54, 1.807) is 45.2 Å². The zero-order valence-corrected chi connectivity index (χ0v) is 11.9. The third-order valence-corrected chi connectivity index (χ3v) is 3.05. The van der Waals surface area contributed by atoms with Gasteiger partial charge < -0.3 is 19.3 Å². The summed E-state index contributed by atoms with van der Waals surface area (Å²) in [5.74, 6) is 1.69. The highest BCUT2D eigenvalue weighted by Crippen LogP contribution is 2.15. The number of furan rings is 2. The Kier molecular flexibility index (Phi) is 3.99. The second kappa shape index (κ2) is 5.54. The molecular formula is C15H19NO4. The molecule has 108 valence electrons. The maximum atomic E-state index is 12.0. The summed E-state index contributed by atoms with van der Waals surface area (Å²) in [7, 11) is 0. The Labute approximate surface area is 117 Å². The van der Waals surface area contributed by atoms with Crippen LogP contribution in [0, 0.1) is 13.8 Å². The van der Waals surface area contributed by atoms with Gasteiger partial charge in [-0.3, -0.25) is 4.79 Å². The highest BCUT2D eigenvalue weighted by molar-refractivity contribution is 5.95. The Morgan fingerprint density at radius 3 is 2.75 bits per heavy atom. The molecule has 0 aliphatic rings. The first-order valence-corrected chi connectivity index (χ1v) is 6.47. The Hall–Kier alpha value is -2.01. The van der Waals surface area contributed by atoms with Gasteiger partial charge in [0.25, 0.3) is 5.91 Å². The molecule has 2 N–H and O–H groups in total. The summed E-state index contributed by atoms with van der Waals surface area (Å²) < 4.78 is 10.5. The Morgan fingerprint density at radius 1 is 1.45 bits per heavy atom. The number of aliphatic hydroxyl groups is 1. The topological polar surface area (TPSA) is 75.6 Å². The van der Waals surface area contributed by atoms with E-state index >= 15 is 0 Å². The van der Waals surface area contributed by atoms with Gasteiger partial charge in [-0.2, -0.15) is 0 Å². The van der Waals surface area contributed by atoms with Crippen molar-refractivity contribution in [1.82, 2.24) is 5.32 Å². The Bertz CT molecular complexity index is 581. The number of hydrogen-bond acceptors (Lipinski definition) is 4. The number of amides is 1. The standard InChI is InChI=1S/C15H19NO4/c1-10-7-13(11(2)20-10)14(17)16-9-15(3,18)8-12-5-4-6-19-12/h4-7,18H,8-9H2,1-3H3,(H,16,17)/t15-/m0/s1. The first-order valence-electron chi connectivity index (χ1n) is 6.47. The summed E-state index contributed by atoms with van der Waals surface area (Å²) in [6.45, 7) is 5.32. The lowest BCUT2D eigenvalue weighted by molar-refractivity contribution is 0.0509. The minimum atomic E-state index is -1.07. The largest absolute Gasteiger partial charge is 0.469 e. The van der Waals surface area contributed by atoms with Crippen molar-refractivity contribution in [3.8, 4) is 0 Å². The van der Waals surface area contributed by atoms with Crippen molar-refractivity contribution in [2.24, 2.45) is 0 Å². The highest BCUT2D eigenvalue weighted by Gasteiger charge is 2.24. The van der Waals surface area contributed by atoms with Gasteiger partial charge in [0, 0.05) is 13.0 Å². The van der Waals surface area contributed by atoms with Crippen LogP contribution in [0.25, 0.3) is 0 Å². The molecule has 0 spiro atoms. The van der Waals surface area contributed by atoms with E-state index in [0.29, 0.717) is 29.3 Å². The number of rotatable bonds is 5. The smallest absolute Gasteiger partial charge is 0.254 e. The first kappa shape index (κ1) is 14.4. The molecule has 5 heteroatoms. The molecular weight excluding hydrogens is 258 g/mol. The molecule has 5 nitrogen and oxygen atoms in total. The molecule has 0 fully saturated rings. The maximum Gasteiger partial charge on any atom is 0.254 e. The van der Waals surface area contributed by atoms with E-state index in [1.807, 2.05) is 0 Å². The molecule has 2 rings (SSSR count). The molecule has 2 heterocycles. The van der Waals surface area contributed by atoms with Crippen LogP contribution in [0.5, 0.6) is 0 Å². The molecule has 1 amide bonds. The van der Waals surface area contributed by atoms with Crippen molar-refractivity contribution in [1.29, 1.82) is 0 Å². The minimum absolute atomic E-state index is 0.135. The summed E-state index contributed by atoms with van der Waals surface area (Å²) in [6.07, 6.45) is 1.89. The number of hydrogen-bond donors (Lipinski definition) is 2. The summed E-state index contributed by atoms with van der Waals surface area (Å²) in [5, 5.41) is 13.0. The van der Waals surface area contributed by atoms with Crippen LogP contribution in [0.15, 0.2) is 33.3 Å². The monoisotopic (exact) mass is 277 g/mol. The molecule has 0 saturated carbocycles. The van der Waals surface area contributed by atoms with Crippen LogP contribution in [0.4, 0.5) is 0 Å². The summed E-state index contributed by atoms with van der Waals surface area (Å²) in [5.41, 5.74) is -0.573. The fraction of sp³-hybridized carbons (Fsp3) is 0.400. The van der Waals surface area contributed by atoms with Gasteiger partial charge in [0.1, 0.15) is 17.3 Å². The van der Waals surface area contributed by atoms with Gasteiger partial charge in [-0.25, -0.2) is 0 Å². The van der Waals surface area contributed by atoms with Gasteiger partial charge in [-0.1, -0.05) is 0 Å². The van der Waals surface area contributed by atoms with Crippen molar-refractivity contribution in [2.45, 2.75) is 32.8 Å². The first-order chi connectivity index (χ1) is 9.37. The van der Waals surface area contributed by atoms with Crippen molar-refractivity contribution in [3.63, 3.8) is 0 Å². The van der Waals surface area contributed by atoms with Gasteiger partial charge >= 0.3 is 0 Å². The van der Waals surface area contributed by atoms with Crippen LogP contribution in [0.3, 0.4) is 0 Å². The predicted molar refractivity (Wildman–Crippen MR) is 73.6 cm³/mol. The molecule has 0 aliphatic heterocycles. The number of carbonyl (C=O) groups is 1. The van der Waals surface area contributed by atoms with E-state index < -0.39 is 5.60 Å². The molecule has 2 aromatic rings. The molecule has 0 bridgehead atoms. The Balaban J connectivity index is 1.94. The SMILES string of the molecule is Cc1cc(C(=O)NC[C@@](C)(O)Cc2ccco2)c(C)o1. The maximum absolute atomic E-state index is 12.0. The van der Waals surface area contributed by atoms with E-state index in [1.165, 1.54) is 0 Å². The third-order valence-electron chi connectivity index (χ3n) is 3.05. The molecule has 2 aromatic heterocycles. The van der Waals surface area contributed by atoms with Gasteiger partial charge in [-0.05, 0) is 39.0 Å². The molecule has 0 aromatic carbocycles. The van der Waals surface area contributed by atoms with E-state index in [2.05, 4.69) is 5.32 Å². The van der Waals surface area contributed by atoms with Crippen LogP contribution < -0.4 is 5.32 Å². The lowest BCUT2D eigenvalue weighted by Crippen LogP contribution is -2.42. The number of nitrogens with one attached hydrogen (secondary N) is 1. The van der Waals surface area contributed by atoms with Crippen LogP contribution in [-0.2, 0) is 6.42 Å². The zero-order valence-electron chi connectivity index (χ0n) is 11.9. The summed E-state index contributed by atoms with van der Waals surface area (Å²) in [6, 6.07) is 5.24. The lowest BCUT2D eigenvalue weighted by atomic mass is 10.0. The predicted octanol–water partition coefficient (Wildman–Crippen LogP) is 2.21. The summed E-state index contributed by atoms with van der Waals surface area (Å²) in [4.78, 5) is 12.0. The fourth-order valence-electron chi connectivity index (χ4n) is 2.07. The summed E-state index contributed by atoms with van der Waals surface area (Å²) >= 11 is 0. The van der Waals surface area contributed by atoms with Crippen molar-refractivity contribution in [2.75, 3.05) is 6.54 Å². The molecule has 0 radical (unpaired) electrons. The Morgan fingerprint density at radius 2 is 2.20 bits per heavy atom. The van der Waals surface area contributed by atoms with Crippen molar-refractivity contribution >= 4 is 5.91 Å². The van der Waals surface area contributed by atoms with Crippen LogP contribution >= 0.6 is 0 Å². The molecule has 0 unspecified atom stereocenters. The van der Waals surface area contributed by atoms with Gasteiger partial charge in [0.15, 0.2) is 0 Å². The van der Waals surface area contributed by atoms with E-state index in [4.69, 9.17) is 8.83 Å². The zero-order chi connectivity index (χ0) is 14.8. The second-order valence-electron chi connectivity index (χ2n) is 5.26. The molecule has 20 heavy (non-hydrogen) atoms. The fourth-order valence-corrected chi connectivity index (χ4v) is 2.07. The van der Waals surface area contributed by atoms with Crippen molar-refractivity contribution < 1.29 is 18.7 Å². The average molecular weight is 277 g/mol. The molecule has 0 aliphatic carbocycles. The van der Waals surface area contributed by atoms with Gasteiger partial charge in [0.2, 0.25) is 0 Å². The molecule has 0 saturated heterocycles. The van der Waals surface area contributed by atoms with E-state index in [9.17, 15) is 9.90 Å².